The van der Waals surface area contributed by atoms with E-state index in [1.165, 1.54) is 18.2 Å². The van der Waals surface area contributed by atoms with Crippen LogP contribution in [0, 0.1) is 20.8 Å². The molecule has 3 rings (SSSR count). The molecule has 3 aromatic rings. The fourth-order valence-corrected chi connectivity index (χ4v) is 4.90. The fraction of sp³-hybridized carbons (Fsp3) is 0.125. The number of carbonyl (C=O) groups is 3. The Morgan fingerprint density at radius 1 is 0.600 bits per heavy atom. The Labute approximate surface area is 175 Å². The number of hydrogen-bond donors (Lipinski definition) is 0. The van der Waals surface area contributed by atoms with Crippen molar-refractivity contribution in [1.29, 1.82) is 0 Å². The number of hydrogen-bond acceptors (Lipinski definition) is 5. The zero-order chi connectivity index (χ0) is 21.9. The molecule has 0 amide bonds. The van der Waals surface area contributed by atoms with Gasteiger partial charge in [-0.1, -0.05) is 66.7 Å². The Hall–Kier alpha value is -3.30. The lowest BCUT2D eigenvalue weighted by molar-refractivity contribution is 0.0714. The average molecular weight is 420 g/mol. The Morgan fingerprint density at radius 3 is 1.30 bits per heavy atom. The van der Waals surface area contributed by atoms with Gasteiger partial charge in [0.25, 0.3) is 11.0 Å². The summed E-state index contributed by atoms with van der Waals surface area (Å²) >= 11 is 0. The van der Waals surface area contributed by atoms with E-state index in [2.05, 4.69) is 0 Å². The highest BCUT2D eigenvalue weighted by atomic mass is 31.2. The van der Waals surface area contributed by atoms with Gasteiger partial charge in [-0.25, -0.2) is 4.79 Å². The third-order valence-electron chi connectivity index (χ3n) is 4.86. The molecule has 0 atom stereocenters. The zero-order valence-corrected chi connectivity index (χ0v) is 17.8. The van der Waals surface area contributed by atoms with Gasteiger partial charge in [0, 0.05) is 11.1 Å². The second kappa shape index (κ2) is 8.60. The van der Waals surface area contributed by atoms with E-state index in [0.29, 0.717) is 16.7 Å². The summed E-state index contributed by atoms with van der Waals surface area (Å²) in [6, 6.07) is 19.5. The molecule has 0 unspecified atom stereocenters. The summed E-state index contributed by atoms with van der Waals surface area (Å²) in [5.41, 5.74) is -0.0135. The highest BCUT2D eigenvalue weighted by Gasteiger charge is 2.46. The van der Waals surface area contributed by atoms with Crippen molar-refractivity contribution in [2.45, 2.75) is 20.8 Å². The van der Waals surface area contributed by atoms with Crippen molar-refractivity contribution >= 4 is 24.4 Å². The van der Waals surface area contributed by atoms with Crippen LogP contribution < -0.4 is 0 Å². The molecule has 0 saturated carbocycles. The molecule has 0 aliphatic heterocycles. The molecule has 0 radical (unpaired) electrons. The molecule has 0 aliphatic rings. The van der Waals surface area contributed by atoms with E-state index in [9.17, 15) is 18.9 Å². The monoisotopic (exact) mass is 420 g/mol. The second-order valence-corrected chi connectivity index (χ2v) is 9.08. The van der Waals surface area contributed by atoms with Crippen LogP contribution in [0.1, 0.15) is 47.8 Å². The van der Waals surface area contributed by atoms with Crippen LogP contribution in [0.15, 0.2) is 72.8 Å². The molecular formula is C24H21O5P. The van der Waals surface area contributed by atoms with E-state index in [4.69, 9.17) is 4.52 Å². The Bertz CT molecular complexity index is 1130. The minimum absolute atomic E-state index is 0.0837. The molecule has 5 nitrogen and oxygen atoms in total. The van der Waals surface area contributed by atoms with Crippen LogP contribution in [0.25, 0.3) is 0 Å². The third kappa shape index (κ3) is 4.03. The summed E-state index contributed by atoms with van der Waals surface area (Å²) in [6.45, 7) is 5.02. The predicted molar refractivity (Wildman–Crippen MR) is 115 cm³/mol. The van der Waals surface area contributed by atoms with Gasteiger partial charge >= 0.3 is 13.3 Å². The van der Waals surface area contributed by atoms with Gasteiger partial charge < -0.3 is 4.52 Å². The first-order valence-electron chi connectivity index (χ1n) is 9.36. The highest BCUT2D eigenvalue weighted by molar-refractivity contribution is 7.92. The normalized spacial score (nSPS) is 11.0. The van der Waals surface area contributed by atoms with Crippen LogP contribution in [-0.4, -0.2) is 17.0 Å². The number of aryl methyl sites for hydroxylation is 3. The minimum Gasteiger partial charge on any atom is -0.397 e. The largest absolute Gasteiger partial charge is 0.397 e. The van der Waals surface area contributed by atoms with Gasteiger partial charge in [0.05, 0.1) is 5.56 Å². The van der Waals surface area contributed by atoms with Crippen molar-refractivity contribution in [3.8, 4) is 0 Å². The van der Waals surface area contributed by atoms with Gasteiger partial charge in [-0.3, -0.25) is 14.2 Å². The molecule has 3 aromatic carbocycles. The standard InChI is InChI=1S/C24H21O5P/c1-16-10-4-7-13-19(16)22(25)29-30(28,23(26)20-14-8-5-11-17(20)2)24(27)21-15-9-6-12-18(21)3/h4-15H,1-3H3. The minimum atomic E-state index is -4.77. The third-order valence-corrected chi connectivity index (χ3v) is 6.84. The Morgan fingerprint density at radius 2 is 0.933 bits per heavy atom. The topological polar surface area (TPSA) is 77.5 Å². The van der Waals surface area contributed by atoms with Gasteiger partial charge in [-0.15, -0.1) is 0 Å². The SMILES string of the molecule is Cc1ccccc1C(=O)OP(=O)(C(=O)c1ccccc1C)C(=O)c1ccccc1C. The summed E-state index contributed by atoms with van der Waals surface area (Å²) in [5.74, 6) is -0.972. The molecule has 30 heavy (non-hydrogen) atoms. The van der Waals surface area contributed by atoms with E-state index in [1.54, 1.807) is 75.4 Å². The van der Waals surface area contributed by atoms with Gasteiger partial charge in [0.15, 0.2) is 0 Å². The molecule has 0 heterocycles. The van der Waals surface area contributed by atoms with Crippen LogP contribution >= 0.6 is 7.37 Å². The van der Waals surface area contributed by atoms with E-state index < -0.39 is 24.4 Å². The van der Waals surface area contributed by atoms with Gasteiger partial charge in [0.1, 0.15) is 0 Å². The Kier molecular flexibility index (Phi) is 6.14. The lowest BCUT2D eigenvalue weighted by Crippen LogP contribution is -2.18. The number of carbonyl (C=O) groups excluding carboxylic acids is 3. The van der Waals surface area contributed by atoms with Crippen molar-refractivity contribution in [2.75, 3.05) is 0 Å². The molecule has 6 heteroatoms. The second-order valence-electron chi connectivity index (χ2n) is 6.99. The van der Waals surface area contributed by atoms with Crippen LogP contribution in [0.5, 0.6) is 0 Å². The summed E-state index contributed by atoms with van der Waals surface area (Å²) < 4.78 is 19.1. The number of rotatable bonds is 6. The smallest absolute Gasteiger partial charge is 0.388 e. The molecule has 0 saturated heterocycles. The molecule has 0 aromatic heterocycles. The van der Waals surface area contributed by atoms with Crippen molar-refractivity contribution in [3.05, 3.63) is 106 Å². The van der Waals surface area contributed by atoms with E-state index in [-0.39, 0.29) is 16.7 Å². The summed E-state index contributed by atoms with van der Waals surface area (Å²) in [7, 11) is -4.77. The maximum atomic E-state index is 13.9. The first kappa shape index (κ1) is 21.4. The predicted octanol–water partition coefficient (Wildman–Crippen LogP) is 5.73. The molecular weight excluding hydrogens is 399 g/mol. The van der Waals surface area contributed by atoms with E-state index >= 15 is 0 Å². The van der Waals surface area contributed by atoms with E-state index in [1.807, 2.05) is 0 Å². The zero-order valence-electron chi connectivity index (χ0n) is 16.9. The first-order valence-corrected chi connectivity index (χ1v) is 11.0. The van der Waals surface area contributed by atoms with Crippen molar-refractivity contribution < 1.29 is 23.5 Å². The molecule has 0 fully saturated rings. The van der Waals surface area contributed by atoms with Crippen molar-refractivity contribution in [3.63, 3.8) is 0 Å². The highest BCUT2D eigenvalue weighted by Crippen LogP contribution is 2.54. The summed E-state index contributed by atoms with van der Waals surface area (Å²) in [4.78, 5) is 39.4. The van der Waals surface area contributed by atoms with Crippen LogP contribution in [0.4, 0.5) is 0 Å². The molecule has 0 N–H and O–H groups in total. The fourth-order valence-electron chi connectivity index (χ4n) is 3.09. The molecule has 0 spiro atoms. The van der Waals surface area contributed by atoms with Crippen molar-refractivity contribution in [1.82, 2.24) is 0 Å². The maximum absolute atomic E-state index is 13.9. The Balaban J connectivity index is 2.12. The summed E-state index contributed by atoms with van der Waals surface area (Å²) in [6.07, 6.45) is 0. The van der Waals surface area contributed by atoms with Crippen LogP contribution in [0.2, 0.25) is 0 Å². The average Bonchev–Trinajstić information content (AvgIpc) is 2.73. The van der Waals surface area contributed by atoms with Gasteiger partial charge in [-0.2, -0.15) is 0 Å². The van der Waals surface area contributed by atoms with Gasteiger partial charge in [-0.05, 0) is 43.5 Å². The molecule has 152 valence electrons. The van der Waals surface area contributed by atoms with Crippen LogP contribution in [0.3, 0.4) is 0 Å². The molecule has 0 bridgehead atoms. The lowest BCUT2D eigenvalue weighted by atomic mass is 10.1. The van der Waals surface area contributed by atoms with Crippen LogP contribution in [-0.2, 0) is 9.09 Å². The van der Waals surface area contributed by atoms with Gasteiger partial charge in [0.2, 0.25) is 0 Å². The quantitative estimate of drug-likeness (QED) is 0.476. The first-order chi connectivity index (χ1) is 14.3. The van der Waals surface area contributed by atoms with E-state index in [0.717, 1.165) is 0 Å². The molecule has 0 aliphatic carbocycles. The maximum Gasteiger partial charge on any atom is 0.388 e. The number of benzene rings is 3. The van der Waals surface area contributed by atoms with Crippen molar-refractivity contribution in [2.24, 2.45) is 0 Å². The summed E-state index contributed by atoms with van der Waals surface area (Å²) in [5, 5.41) is 0. The lowest BCUT2D eigenvalue weighted by Gasteiger charge is -2.18.